The van der Waals surface area contributed by atoms with E-state index >= 15 is 0 Å². The molecule has 0 unspecified atom stereocenters. The van der Waals surface area contributed by atoms with E-state index in [4.69, 9.17) is 33.1 Å². The molecule has 0 fully saturated rings. The number of oxime groups is 1. The number of nitro benzene ring substituents is 1. The van der Waals surface area contributed by atoms with Gasteiger partial charge < -0.3 is 9.94 Å². The molecular formula is C14H7Cl2F3N2O4. The average Bonchev–Trinajstić information content (AvgIpc) is 2.50. The molecule has 0 amide bonds. The number of halogens is 5. The van der Waals surface area contributed by atoms with Crippen molar-refractivity contribution in [2.45, 2.75) is 6.18 Å². The van der Waals surface area contributed by atoms with Gasteiger partial charge in [0.15, 0.2) is 5.75 Å². The van der Waals surface area contributed by atoms with Crippen LogP contribution in [0.25, 0.3) is 0 Å². The molecule has 11 heteroatoms. The smallest absolute Gasteiger partial charge is 0.416 e. The second kappa shape index (κ2) is 7.16. The summed E-state index contributed by atoms with van der Waals surface area (Å²) < 4.78 is 43.3. The molecule has 2 aromatic rings. The summed E-state index contributed by atoms with van der Waals surface area (Å²) in [5, 5.41) is 22.1. The number of nitrogens with zero attached hydrogens (tertiary/aromatic N) is 2. The normalized spacial score (nSPS) is 11.7. The molecule has 0 aliphatic rings. The van der Waals surface area contributed by atoms with Gasteiger partial charge in [-0.25, -0.2) is 0 Å². The van der Waals surface area contributed by atoms with Crippen LogP contribution in [0.2, 0.25) is 10.0 Å². The summed E-state index contributed by atoms with van der Waals surface area (Å²) >= 11 is 11.9. The van der Waals surface area contributed by atoms with Gasteiger partial charge in [-0.2, -0.15) is 13.2 Å². The molecule has 0 aliphatic carbocycles. The van der Waals surface area contributed by atoms with Crippen LogP contribution in [0, 0.1) is 10.1 Å². The molecular weight excluding hydrogens is 388 g/mol. The third-order valence-corrected chi connectivity index (χ3v) is 3.48. The van der Waals surface area contributed by atoms with E-state index in [-0.39, 0.29) is 15.8 Å². The molecule has 0 saturated carbocycles. The first-order valence-corrected chi connectivity index (χ1v) is 7.09. The lowest BCUT2D eigenvalue weighted by atomic mass is 10.2. The van der Waals surface area contributed by atoms with E-state index in [0.717, 1.165) is 12.3 Å². The van der Waals surface area contributed by atoms with Crippen LogP contribution in [0.5, 0.6) is 11.5 Å². The predicted octanol–water partition coefficient (Wildman–Crippen LogP) is 5.52. The van der Waals surface area contributed by atoms with Crippen molar-refractivity contribution in [3.05, 3.63) is 61.6 Å². The first-order chi connectivity index (χ1) is 11.6. The monoisotopic (exact) mass is 394 g/mol. The van der Waals surface area contributed by atoms with Crippen molar-refractivity contribution in [2.75, 3.05) is 0 Å². The van der Waals surface area contributed by atoms with E-state index in [2.05, 4.69) is 5.16 Å². The topological polar surface area (TPSA) is 85.0 Å². The lowest BCUT2D eigenvalue weighted by Crippen LogP contribution is -2.06. The Morgan fingerprint density at radius 1 is 1.20 bits per heavy atom. The van der Waals surface area contributed by atoms with Crippen LogP contribution in [0.4, 0.5) is 18.9 Å². The Kier molecular flexibility index (Phi) is 5.39. The summed E-state index contributed by atoms with van der Waals surface area (Å²) in [5.74, 6) is -0.661. The SMILES string of the molecule is O=[N+]([O-])c1cc(C(F)(F)F)ccc1Oc1c(Cl)cc(/C=N\O)cc1Cl. The maximum Gasteiger partial charge on any atom is 0.416 e. The van der Waals surface area contributed by atoms with Gasteiger partial charge in [-0.15, -0.1) is 0 Å². The molecule has 0 saturated heterocycles. The van der Waals surface area contributed by atoms with Crippen molar-refractivity contribution in [2.24, 2.45) is 5.16 Å². The second-order valence-corrected chi connectivity index (χ2v) is 5.41. The quantitative estimate of drug-likeness (QED) is 0.320. The summed E-state index contributed by atoms with van der Waals surface area (Å²) in [6, 6.07) is 4.37. The van der Waals surface area contributed by atoms with Crippen molar-refractivity contribution >= 4 is 35.1 Å². The third-order valence-electron chi connectivity index (χ3n) is 2.92. The lowest BCUT2D eigenvalue weighted by Gasteiger charge is -2.12. The molecule has 2 rings (SSSR count). The first-order valence-electron chi connectivity index (χ1n) is 6.33. The Hall–Kier alpha value is -2.52. The molecule has 0 radical (unpaired) electrons. The summed E-state index contributed by atoms with van der Waals surface area (Å²) in [4.78, 5) is 10.0. The Balaban J connectivity index is 2.49. The summed E-state index contributed by atoms with van der Waals surface area (Å²) in [7, 11) is 0. The predicted molar refractivity (Wildman–Crippen MR) is 84.0 cm³/mol. The molecule has 0 bridgehead atoms. The fraction of sp³-hybridized carbons (Fsp3) is 0.0714. The highest BCUT2D eigenvalue weighted by molar-refractivity contribution is 6.37. The number of benzene rings is 2. The number of hydrogen-bond donors (Lipinski definition) is 1. The zero-order valence-electron chi connectivity index (χ0n) is 11.9. The van der Waals surface area contributed by atoms with Gasteiger partial charge >= 0.3 is 11.9 Å². The van der Waals surface area contributed by atoms with Crippen LogP contribution in [0.3, 0.4) is 0 Å². The Labute approximate surface area is 148 Å². The Bertz CT molecular complexity index is 833. The molecule has 1 N–H and O–H groups in total. The van der Waals surface area contributed by atoms with E-state index in [1.807, 2.05) is 0 Å². The molecule has 6 nitrogen and oxygen atoms in total. The van der Waals surface area contributed by atoms with Crippen molar-refractivity contribution in [3.8, 4) is 11.5 Å². The van der Waals surface area contributed by atoms with Crippen molar-refractivity contribution in [1.82, 2.24) is 0 Å². The zero-order chi connectivity index (χ0) is 18.8. The minimum atomic E-state index is -4.75. The third kappa shape index (κ3) is 4.31. The molecule has 0 aliphatic heterocycles. The Morgan fingerprint density at radius 2 is 1.80 bits per heavy atom. The highest BCUT2D eigenvalue weighted by Crippen LogP contribution is 2.42. The molecule has 0 spiro atoms. The van der Waals surface area contributed by atoms with Crippen LogP contribution in [0.15, 0.2) is 35.5 Å². The maximum absolute atomic E-state index is 12.7. The van der Waals surface area contributed by atoms with Gasteiger partial charge in [0.05, 0.1) is 26.7 Å². The number of ether oxygens (including phenoxy) is 1. The molecule has 0 heterocycles. The summed E-state index contributed by atoms with van der Waals surface area (Å²) in [5.41, 5.74) is -1.78. The van der Waals surface area contributed by atoms with Crippen molar-refractivity contribution < 1.29 is 28.0 Å². The van der Waals surface area contributed by atoms with Gasteiger partial charge in [0.2, 0.25) is 5.75 Å². The van der Waals surface area contributed by atoms with Gasteiger partial charge in [0, 0.05) is 6.07 Å². The fourth-order valence-electron chi connectivity index (χ4n) is 1.85. The van der Waals surface area contributed by atoms with E-state index < -0.39 is 28.1 Å². The van der Waals surface area contributed by atoms with E-state index in [9.17, 15) is 23.3 Å². The molecule has 0 aromatic heterocycles. The van der Waals surface area contributed by atoms with Crippen LogP contribution in [-0.2, 0) is 6.18 Å². The van der Waals surface area contributed by atoms with Crippen molar-refractivity contribution in [1.29, 1.82) is 0 Å². The highest BCUT2D eigenvalue weighted by Gasteiger charge is 2.33. The van der Waals surface area contributed by atoms with E-state index in [0.29, 0.717) is 17.7 Å². The number of alkyl halides is 3. The van der Waals surface area contributed by atoms with Gasteiger partial charge in [0.1, 0.15) is 0 Å². The molecule has 132 valence electrons. The molecule has 25 heavy (non-hydrogen) atoms. The highest BCUT2D eigenvalue weighted by atomic mass is 35.5. The van der Waals surface area contributed by atoms with Crippen LogP contribution < -0.4 is 4.74 Å². The molecule has 0 atom stereocenters. The Morgan fingerprint density at radius 3 is 2.28 bits per heavy atom. The lowest BCUT2D eigenvalue weighted by molar-refractivity contribution is -0.385. The van der Waals surface area contributed by atoms with Gasteiger partial charge in [-0.1, -0.05) is 28.4 Å². The largest absolute Gasteiger partial charge is 0.447 e. The number of hydrogen-bond acceptors (Lipinski definition) is 5. The fourth-order valence-corrected chi connectivity index (χ4v) is 2.43. The average molecular weight is 395 g/mol. The van der Waals surface area contributed by atoms with Gasteiger partial charge in [-0.05, 0) is 29.8 Å². The number of nitro groups is 1. The van der Waals surface area contributed by atoms with E-state index in [1.54, 1.807) is 0 Å². The van der Waals surface area contributed by atoms with Gasteiger partial charge in [-0.3, -0.25) is 10.1 Å². The maximum atomic E-state index is 12.7. The van der Waals surface area contributed by atoms with E-state index in [1.165, 1.54) is 12.1 Å². The van der Waals surface area contributed by atoms with Crippen LogP contribution in [-0.4, -0.2) is 16.3 Å². The summed E-state index contributed by atoms with van der Waals surface area (Å²) in [6.07, 6.45) is -3.72. The summed E-state index contributed by atoms with van der Waals surface area (Å²) in [6.45, 7) is 0. The second-order valence-electron chi connectivity index (χ2n) is 4.60. The van der Waals surface area contributed by atoms with Crippen LogP contribution in [0.1, 0.15) is 11.1 Å². The van der Waals surface area contributed by atoms with Crippen LogP contribution >= 0.6 is 23.2 Å². The van der Waals surface area contributed by atoms with Crippen molar-refractivity contribution in [3.63, 3.8) is 0 Å². The standard InChI is InChI=1S/C14H7Cl2F3N2O4/c15-9-3-7(6-20-22)4-10(16)13(9)25-12-2-1-8(14(17,18)19)5-11(12)21(23)24/h1-6,22H/b20-6-. The first kappa shape index (κ1) is 18.8. The number of rotatable bonds is 4. The van der Waals surface area contributed by atoms with Gasteiger partial charge in [0.25, 0.3) is 0 Å². The molecule has 2 aromatic carbocycles. The minimum Gasteiger partial charge on any atom is -0.447 e. The zero-order valence-corrected chi connectivity index (χ0v) is 13.4. The minimum absolute atomic E-state index is 0.0865.